The maximum Gasteiger partial charge on any atom is 0.188 e. The maximum atomic E-state index is 5.74. The molecule has 5 nitrogen and oxygen atoms in total. The molecule has 0 amide bonds. The summed E-state index contributed by atoms with van der Waals surface area (Å²) in [5, 5.41) is 6.44. The number of aliphatic imine (C=N–C) groups is 1. The minimum atomic E-state index is 0. The minimum Gasteiger partial charge on any atom is -0.370 e. The Hall–Kier alpha value is -0.570. The van der Waals surface area contributed by atoms with Crippen LogP contribution in [0.25, 0.3) is 0 Å². The van der Waals surface area contributed by atoms with Gasteiger partial charge in [0.1, 0.15) is 0 Å². The van der Waals surface area contributed by atoms with Gasteiger partial charge in [-0.2, -0.15) is 0 Å². The van der Waals surface area contributed by atoms with Crippen LogP contribution in [0.2, 0.25) is 0 Å². The molecule has 0 aromatic carbocycles. The molecule has 7 heteroatoms. The summed E-state index contributed by atoms with van der Waals surface area (Å²) in [6.07, 6.45) is 4.50. The van der Waals surface area contributed by atoms with Gasteiger partial charge in [0.25, 0.3) is 0 Å². The van der Waals surface area contributed by atoms with Crippen molar-refractivity contribution >= 4 is 46.4 Å². The summed E-state index contributed by atoms with van der Waals surface area (Å²) < 4.78 is 0. The lowest BCUT2D eigenvalue weighted by Crippen LogP contribution is -2.33. The van der Waals surface area contributed by atoms with Crippen LogP contribution in [0.15, 0.2) is 10.4 Å². The Kier molecular flexibility index (Phi) is 8.20. The summed E-state index contributed by atoms with van der Waals surface area (Å²) in [5.74, 6) is 0.539. The molecule has 1 aliphatic heterocycles. The van der Waals surface area contributed by atoms with E-state index in [-0.39, 0.29) is 24.0 Å². The fourth-order valence-electron chi connectivity index (χ4n) is 2.07. The zero-order valence-electron chi connectivity index (χ0n) is 12.0. The van der Waals surface area contributed by atoms with E-state index < -0.39 is 0 Å². The zero-order chi connectivity index (χ0) is 13.5. The van der Waals surface area contributed by atoms with E-state index in [2.05, 4.69) is 32.5 Å². The topological polar surface area (TPSA) is 66.5 Å². The number of aromatic nitrogens is 1. The summed E-state index contributed by atoms with van der Waals surface area (Å²) in [7, 11) is 0. The number of nitrogens with one attached hydrogen (secondary N) is 1. The molecule has 20 heavy (non-hydrogen) atoms. The highest BCUT2D eigenvalue weighted by molar-refractivity contribution is 14.0. The van der Waals surface area contributed by atoms with Gasteiger partial charge in [0.05, 0.1) is 5.69 Å². The van der Waals surface area contributed by atoms with Crippen molar-refractivity contribution in [3.05, 3.63) is 11.1 Å². The number of anilines is 1. The number of hydrogen-bond donors (Lipinski definition) is 2. The summed E-state index contributed by atoms with van der Waals surface area (Å²) in [5.41, 5.74) is 6.88. The van der Waals surface area contributed by atoms with E-state index in [0.717, 1.165) is 44.7 Å². The molecule has 2 rings (SSSR count). The second-order valence-corrected chi connectivity index (χ2v) is 5.60. The molecule has 0 aliphatic carbocycles. The Morgan fingerprint density at radius 1 is 1.50 bits per heavy atom. The third kappa shape index (κ3) is 5.43. The van der Waals surface area contributed by atoms with E-state index in [4.69, 9.17) is 5.73 Å². The summed E-state index contributed by atoms with van der Waals surface area (Å²) in [4.78, 5) is 11.2. The molecule has 3 N–H and O–H groups in total. The Bertz CT molecular complexity index is 415. The molecule has 2 heterocycles. The van der Waals surface area contributed by atoms with Crippen molar-refractivity contribution in [1.29, 1.82) is 0 Å². The maximum absolute atomic E-state index is 5.74. The highest BCUT2D eigenvalue weighted by Crippen LogP contribution is 2.24. The third-order valence-electron chi connectivity index (χ3n) is 3.11. The molecular formula is C13H24IN5S. The number of nitrogens with zero attached hydrogens (tertiary/aromatic N) is 3. The Morgan fingerprint density at radius 3 is 2.95 bits per heavy atom. The molecule has 0 saturated carbocycles. The first-order chi connectivity index (χ1) is 9.29. The first kappa shape index (κ1) is 17.5. The first-order valence-corrected chi connectivity index (χ1v) is 7.90. The second kappa shape index (κ2) is 9.38. The van der Waals surface area contributed by atoms with Crippen LogP contribution in [-0.4, -0.2) is 37.1 Å². The van der Waals surface area contributed by atoms with Crippen molar-refractivity contribution in [3.63, 3.8) is 0 Å². The van der Waals surface area contributed by atoms with E-state index >= 15 is 0 Å². The number of nitrogens with two attached hydrogens (primary N) is 1. The zero-order valence-corrected chi connectivity index (χ0v) is 15.1. The molecular weight excluding hydrogens is 385 g/mol. The summed E-state index contributed by atoms with van der Waals surface area (Å²) in [6.45, 7) is 5.98. The van der Waals surface area contributed by atoms with Crippen molar-refractivity contribution < 1.29 is 0 Å². The highest BCUT2D eigenvalue weighted by Gasteiger charge is 2.15. The first-order valence-electron chi connectivity index (χ1n) is 7.02. The average molecular weight is 409 g/mol. The Morgan fingerprint density at radius 2 is 2.25 bits per heavy atom. The van der Waals surface area contributed by atoms with Crippen LogP contribution in [-0.2, 0) is 6.42 Å². The monoisotopic (exact) mass is 409 g/mol. The van der Waals surface area contributed by atoms with Gasteiger partial charge in [0.15, 0.2) is 11.1 Å². The van der Waals surface area contributed by atoms with Crippen molar-refractivity contribution in [2.75, 3.05) is 31.1 Å². The SMILES string of the molecule is CCCN=C(N)NCCc1csc(N2CCCC2)n1.I. The average Bonchev–Trinajstić information content (AvgIpc) is 3.06. The van der Waals surface area contributed by atoms with E-state index in [9.17, 15) is 0 Å². The number of thiazole rings is 1. The highest BCUT2D eigenvalue weighted by atomic mass is 127. The molecule has 0 radical (unpaired) electrons. The van der Waals surface area contributed by atoms with Crippen LogP contribution in [0.3, 0.4) is 0 Å². The fraction of sp³-hybridized carbons (Fsp3) is 0.692. The second-order valence-electron chi connectivity index (χ2n) is 4.76. The molecule has 114 valence electrons. The lowest BCUT2D eigenvalue weighted by molar-refractivity contribution is 0.823. The molecule has 1 aromatic heterocycles. The molecule has 0 unspecified atom stereocenters. The lowest BCUT2D eigenvalue weighted by Gasteiger charge is -2.12. The van der Waals surface area contributed by atoms with Crippen LogP contribution in [0.5, 0.6) is 0 Å². The molecule has 1 aromatic rings. The van der Waals surface area contributed by atoms with E-state index in [1.165, 1.54) is 18.0 Å². The van der Waals surface area contributed by atoms with Crippen LogP contribution in [0.4, 0.5) is 5.13 Å². The van der Waals surface area contributed by atoms with Gasteiger partial charge in [-0.3, -0.25) is 4.99 Å². The van der Waals surface area contributed by atoms with Gasteiger partial charge in [-0.25, -0.2) is 4.98 Å². The Balaban J connectivity index is 0.00000200. The third-order valence-corrected chi connectivity index (χ3v) is 4.06. The lowest BCUT2D eigenvalue weighted by atomic mass is 10.3. The van der Waals surface area contributed by atoms with Crippen LogP contribution < -0.4 is 16.0 Å². The molecule has 1 fully saturated rings. The van der Waals surface area contributed by atoms with Gasteiger partial charge in [0.2, 0.25) is 0 Å². The van der Waals surface area contributed by atoms with Crippen molar-refractivity contribution in [2.45, 2.75) is 32.6 Å². The largest absolute Gasteiger partial charge is 0.370 e. The molecule has 0 bridgehead atoms. The summed E-state index contributed by atoms with van der Waals surface area (Å²) in [6, 6.07) is 0. The van der Waals surface area contributed by atoms with E-state index in [1.54, 1.807) is 11.3 Å². The molecule has 0 spiro atoms. The van der Waals surface area contributed by atoms with Crippen molar-refractivity contribution in [2.24, 2.45) is 10.7 Å². The number of rotatable bonds is 6. The predicted octanol–water partition coefficient (Wildman–Crippen LogP) is 2.22. The quantitative estimate of drug-likeness (QED) is 0.430. The molecule has 1 saturated heterocycles. The molecule has 1 aliphatic rings. The van der Waals surface area contributed by atoms with Gasteiger partial charge >= 0.3 is 0 Å². The van der Waals surface area contributed by atoms with Gasteiger partial charge in [-0.15, -0.1) is 35.3 Å². The fourth-order valence-corrected chi connectivity index (χ4v) is 2.99. The number of guanidine groups is 1. The van der Waals surface area contributed by atoms with Gasteiger partial charge in [0, 0.05) is 38.0 Å². The van der Waals surface area contributed by atoms with Crippen molar-refractivity contribution in [1.82, 2.24) is 10.3 Å². The Labute approximate surface area is 142 Å². The van der Waals surface area contributed by atoms with Gasteiger partial charge in [-0.1, -0.05) is 6.92 Å². The molecule has 0 atom stereocenters. The van der Waals surface area contributed by atoms with Gasteiger partial charge < -0.3 is 16.0 Å². The van der Waals surface area contributed by atoms with Crippen LogP contribution in [0.1, 0.15) is 31.9 Å². The van der Waals surface area contributed by atoms with E-state index in [1.807, 2.05) is 0 Å². The number of hydrogen-bond acceptors (Lipinski definition) is 4. The summed E-state index contributed by atoms with van der Waals surface area (Å²) >= 11 is 1.75. The minimum absolute atomic E-state index is 0. The predicted molar refractivity (Wildman–Crippen MR) is 97.5 cm³/mol. The van der Waals surface area contributed by atoms with Gasteiger partial charge in [-0.05, 0) is 19.3 Å². The normalized spacial score (nSPS) is 15.2. The smallest absolute Gasteiger partial charge is 0.188 e. The van der Waals surface area contributed by atoms with Crippen molar-refractivity contribution in [3.8, 4) is 0 Å². The van der Waals surface area contributed by atoms with Crippen LogP contribution in [0, 0.1) is 0 Å². The van der Waals surface area contributed by atoms with E-state index in [0.29, 0.717) is 5.96 Å². The number of halogens is 1. The standard InChI is InChI=1S/C13H23N5S.HI/c1-2-6-15-12(14)16-7-5-11-10-19-13(17-11)18-8-3-4-9-18;/h10H,2-9H2,1H3,(H3,14,15,16);1H. The van der Waals surface area contributed by atoms with Crippen LogP contribution >= 0.6 is 35.3 Å².